The van der Waals surface area contributed by atoms with E-state index in [1.165, 1.54) is 16.8 Å². The van der Waals surface area contributed by atoms with Crippen LogP contribution in [0.3, 0.4) is 0 Å². The van der Waals surface area contributed by atoms with Gasteiger partial charge in [-0.25, -0.2) is 4.68 Å². The summed E-state index contributed by atoms with van der Waals surface area (Å²) < 4.78 is 7.08. The van der Waals surface area contributed by atoms with E-state index in [9.17, 15) is 9.59 Å². The van der Waals surface area contributed by atoms with E-state index in [-0.39, 0.29) is 17.2 Å². The van der Waals surface area contributed by atoms with Gasteiger partial charge in [-0.15, -0.1) is 0 Å². The second kappa shape index (κ2) is 9.19. The minimum absolute atomic E-state index is 0.231. The molecular formula is C23H25N3O3. The zero-order chi connectivity index (χ0) is 20.8. The number of carbonyl (C=O) groups excluding carboxylic acids is 1. The molecule has 0 aliphatic heterocycles. The van der Waals surface area contributed by atoms with Gasteiger partial charge in [-0.1, -0.05) is 36.4 Å². The molecule has 0 aliphatic rings. The molecular weight excluding hydrogens is 366 g/mol. The number of nitrogens with zero attached hydrogens (tertiary/aromatic N) is 3. The lowest BCUT2D eigenvalue weighted by molar-refractivity contribution is 0.0765. The van der Waals surface area contributed by atoms with Crippen LogP contribution in [0.1, 0.15) is 27.2 Å². The van der Waals surface area contributed by atoms with Crippen molar-refractivity contribution in [3.8, 4) is 5.75 Å². The molecule has 0 bridgehead atoms. The van der Waals surface area contributed by atoms with Crippen LogP contribution in [-0.2, 0) is 6.54 Å². The van der Waals surface area contributed by atoms with Gasteiger partial charge in [0, 0.05) is 13.1 Å². The topological polar surface area (TPSA) is 64.4 Å². The molecule has 2 aromatic carbocycles. The predicted octanol–water partition coefficient (Wildman–Crippen LogP) is 3.06. The Labute approximate surface area is 170 Å². The largest absolute Gasteiger partial charge is 0.492 e. The Morgan fingerprint density at radius 1 is 1.03 bits per heavy atom. The number of hydrogen-bond donors (Lipinski definition) is 0. The van der Waals surface area contributed by atoms with E-state index in [0.29, 0.717) is 19.7 Å². The Morgan fingerprint density at radius 2 is 1.72 bits per heavy atom. The van der Waals surface area contributed by atoms with Gasteiger partial charge in [-0.2, -0.15) is 5.10 Å². The molecule has 0 saturated heterocycles. The minimum Gasteiger partial charge on any atom is -0.492 e. The van der Waals surface area contributed by atoms with Crippen LogP contribution in [0, 0.1) is 13.8 Å². The molecule has 1 aromatic heterocycles. The molecule has 150 valence electrons. The number of amides is 1. The number of carbonyl (C=O) groups is 1. The summed E-state index contributed by atoms with van der Waals surface area (Å²) in [6.07, 6.45) is 0. The van der Waals surface area contributed by atoms with E-state index >= 15 is 0 Å². The highest BCUT2D eigenvalue weighted by Crippen LogP contribution is 2.16. The zero-order valence-electron chi connectivity index (χ0n) is 17.0. The maximum absolute atomic E-state index is 12.7. The summed E-state index contributed by atoms with van der Waals surface area (Å²) in [5.41, 5.74) is 3.20. The molecule has 3 rings (SSSR count). The van der Waals surface area contributed by atoms with Gasteiger partial charge in [0.15, 0.2) is 0 Å². The fourth-order valence-corrected chi connectivity index (χ4v) is 3.05. The highest BCUT2D eigenvalue weighted by atomic mass is 16.5. The number of aromatic nitrogens is 2. The second-order valence-corrected chi connectivity index (χ2v) is 7.10. The molecule has 0 atom stereocenters. The molecule has 1 heterocycles. The summed E-state index contributed by atoms with van der Waals surface area (Å²) in [6.45, 7) is 5.14. The first-order chi connectivity index (χ1) is 13.9. The van der Waals surface area contributed by atoms with E-state index in [0.717, 1.165) is 22.4 Å². The third-order valence-electron chi connectivity index (χ3n) is 4.50. The molecule has 0 unspecified atom stereocenters. The van der Waals surface area contributed by atoms with E-state index < -0.39 is 0 Å². The summed E-state index contributed by atoms with van der Waals surface area (Å²) in [6, 6.07) is 18.4. The molecule has 6 heteroatoms. The Morgan fingerprint density at radius 3 is 2.41 bits per heavy atom. The van der Waals surface area contributed by atoms with Crippen molar-refractivity contribution >= 4 is 5.91 Å². The predicted molar refractivity (Wildman–Crippen MR) is 112 cm³/mol. The maximum atomic E-state index is 12.7. The quantitative estimate of drug-likeness (QED) is 0.621. The number of benzene rings is 2. The highest BCUT2D eigenvalue weighted by molar-refractivity contribution is 5.91. The van der Waals surface area contributed by atoms with Crippen LogP contribution in [0.25, 0.3) is 0 Å². The Kier molecular flexibility index (Phi) is 6.44. The summed E-state index contributed by atoms with van der Waals surface area (Å²) in [5.74, 6) is 0.536. The van der Waals surface area contributed by atoms with Crippen molar-refractivity contribution in [2.75, 3.05) is 20.2 Å². The van der Waals surface area contributed by atoms with Crippen LogP contribution in [0.5, 0.6) is 5.75 Å². The average Bonchev–Trinajstić information content (AvgIpc) is 2.69. The molecule has 29 heavy (non-hydrogen) atoms. The number of ether oxygens (including phenoxy) is 1. The van der Waals surface area contributed by atoms with Crippen LogP contribution in [0.2, 0.25) is 0 Å². The van der Waals surface area contributed by atoms with Crippen molar-refractivity contribution in [1.29, 1.82) is 0 Å². The zero-order valence-corrected chi connectivity index (χ0v) is 17.0. The Bertz CT molecular complexity index is 1020. The van der Waals surface area contributed by atoms with Crippen LogP contribution in [0.15, 0.2) is 65.5 Å². The summed E-state index contributed by atoms with van der Waals surface area (Å²) in [4.78, 5) is 26.4. The highest BCUT2D eigenvalue weighted by Gasteiger charge is 2.15. The smallest absolute Gasteiger partial charge is 0.274 e. The fourth-order valence-electron chi connectivity index (χ4n) is 3.05. The molecule has 6 nitrogen and oxygen atoms in total. The molecule has 0 fully saturated rings. The molecule has 3 aromatic rings. The lowest BCUT2D eigenvalue weighted by atomic mass is 10.1. The van der Waals surface area contributed by atoms with Crippen LogP contribution < -0.4 is 10.3 Å². The number of aryl methyl sites for hydroxylation is 2. The Balaban J connectivity index is 1.63. The average molecular weight is 391 g/mol. The van der Waals surface area contributed by atoms with Crippen molar-refractivity contribution in [1.82, 2.24) is 14.7 Å². The molecule has 0 aliphatic carbocycles. The SMILES string of the molecule is Cc1cc(C)cc(OCCN(C)C(=O)c2ccc(=O)n(Cc3ccccc3)n2)c1. The van der Waals surface area contributed by atoms with Gasteiger partial charge in [-0.05, 0) is 48.7 Å². The van der Waals surface area contributed by atoms with Gasteiger partial charge >= 0.3 is 0 Å². The third-order valence-corrected chi connectivity index (χ3v) is 4.50. The van der Waals surface area contributed by atoms with Gasteiger partial charge < -0.3 is 9.64 Å². The molecule has 1 amide bonds. The van der Waals surface area contributed by atoms with Crippen molar-refractivity contribution in [2.45, 2.75) is 20.4 Å². The molecule has 0 spiro atoms. The van der Waals surface area contributed by atoms with E-state index in [1.807, 2.05) is 56.3 Å². The monoisotopic (exact) mass is 391 g/mol. The minimum atomic E-state index is -0.254. The van der Waals surface area contributed by atoms with Crippen molar-refractivity contribution in [3.63, 3.8) is 0 Å². The van der Waals surface area contributed by atoms with Crippen molar-refractivity contribution in [2.24, 2.45) is 0 Å². The summed E-state index contributed by atoms with van der Waals surface area (Å²) in [5, 5.41) is 4.25. The molecule has 0 radical (unpaired) electrons. The van der Waals surface area contributed by atoms with Gasteiger partial charge in [0.05, 0.1) is 13.1 Å². The number of hydrogen-bond acceptors (Lipinski definition) is 4. The van der Waals surface area contributed by atoms with Gasteiger partial charge in [0.1, 0.15) is 18.1 Å². The van der Waals surface area contributed by atoms with E-state index in [2.05, 4.69) is 11.2 Å². The number of likely N-dealkylation sites (N-methyl/N-ethyl adjacent to an activating group) is 1. The number of rotatable bonds is 7. The summed E-state index contributed by atoms with van der Waals surface area (Å²) in [7, 11) is 1.70. The van der Waals surface area contributed by atoms with Gasteiger partial charge in [0.2, 0.25) is 0 Å². The third kappa shape index (κ3) is 5.54. The lowest BCUT2D eigenvalue weighted by Crippen LogP contribution is -2.33. The normalized spacial score (nSPS) is 10.6. The first-order valence-corrected chi connectivity index (χ1v) is 9.51. The standard InChI is InChI=1S/C23H25N3O3/c1-17-13-18(2)15-20(14-17)29-12-11-25(3)23(28)21-9-10-22(27)26(24-21)16-19-7-5-4-6-8-19/h4-10,13-15H,11-12,16H2,1-3H3. The Hall–Kier alpha value is -3.41. The van der Waals surface area contributed by atoms with E-state index in [1.54, 1.807) is 11.9 Å². The molecule has 0 saturated carbocycles. The molecule has 0 N–H and O–H groups in total. The second-order valence-electron chi connectivity index (χ2n) is 7.10. The van der Waals surface area contributed by atoms with Crippen LogP contribution >= 0.6 is 0 Å². The van der Waals surface area contributed by atoms with Crippen LogP contribution in [-0.4, -0.2) is 40.8 Å². The van der Waals surface area contributed by atoms with Crippen molar-refractivity contribution in [3.05, 3.63) is 93.4 Å². The fraction of sp³-hybridized carbons (Fsp3) is 0.261. The van der Waals surface area contributed by atoms with Crippen LogP contribution in [0.4, 0.5) is 0 Å². The first kappa shape index (κ1) is 20.3. The van der Waals surface area contributed by atoms with E-state index in [4.69, 9.17) is 4.74 Å². The maximum Gasteiger partial charge on any atom is 0.274 e. The van der Waals surface area contributed by atoms with Gasteiger partial charge in [0.25, 0.3) is 11.5 Å². The van der Waals surface area contributed by atoms with Gasteiger partial charge in [-0.3, -0.25) is 9.59 Å². The summed E-state index contributed by atoms with van der Waals surface area (Å²) >= 11 is 0. The lowest BCUT2D eigenvalue weighted by Gasteiger charge is -2.18. The first-order valence-electron chi connectivity index (χ1n) is 9.51. The van der Waals surface area contributed by atoms with Crippen molar-refractivity contribution < 1.29 is 9.53 Å².